The maximum atomic E-state index is 8.95. The van der Waals surface area contributed by atoms with Crippen molar-refractivity contribution in [2.45, 2.75) is 6.54 Å². The molecule has 1 aromatic carbocycles. The molecule has 0 aliphatic heterocycles. The second kappa shape index (κ2) is 5.55. The van der Waals surface area contributed by atoms with Crippen molar-refractivity contribution in [3.05, 3.63) is 30.3 Å². The van der Waals surface area contributed by atoms with Crippen LogP contribution in [-0.2, 0) is 6.54 Å². The van der Waals surface area contributed by atoms with E-state index in [4.69, 9.17) is 14.6 Å². The normalized spacial score (nSPS) is 10.4. The van der Waals surface area contributed by atoms with E-state index in [2.05, 4.69) is 5.10 Å². The molecule has 0 saturated heterocycles. The number of aliphatic hydroxyl groups excluding tert-OH is 1. The van der Waals surface area contributed by atoms with Gasteiger partial charge < -0.3 is 14.6 Å². The van der Waals surface area contributed by atoms with E-state index in [-0.39, 0.29) is 6.61 Å². The number of benzene rings is 1. The lowest BCUT2D eigenvalue weighted by Crippen LogP contribution is -2.05. The van der Waals surface area contributed by atoms with E-state index in [0.29, 0.717) is 12.4 Å². The predicted molar refractivity (Wildman–Crippen MR) is 67.9 cm³/mol. The van der Waals surface area contributed by atoms with Crippen LogP contribution in [0.5, 0.6) is 11.6 Å². The summed E-state index contributed by atoms with van der Waals surface area (Å²) in [7, 11) is 3.22. The molecule has 1 aromatic heterocycles. The van der Waals surface area contributed by atoms with Gasteiger partial charge in [0, 0.05) is 11.6 Å². The van der Waals surface area contributed by atoms with Gasteiger partial charge in [-0.2, -0.15) is 5.10 Å². The summed E-state index contributed by atoms with van der Waals surface area (Å²) in [5.41, 5.74) is 1.79. The summed E-state index contributed by atoms with van der Waals surface area (Å²) in [4.78, 5) is 0. The van der Waals surface area contributed by atoms with Crippen LogP contribution in [0.15, 0.2) is 30.3 Å². The molecule has 5 nitrogen and oxygen atoms in total. The van der Waals surface area contributed by atoms with E-state index in [1.165, 1.54) is 0 Å². The Hall–Kier alpha value is -2.01. The summed E-state index contributed by atoms with van der Waals surface area (Å²) in [6.45, 7) is 0.444. The van der Waals surface area contributed by atoms with Crippen molar-refractivity contribution in [1.29, 1.82) is 0 Å². The first-order chi connectivity index (χ1) is 8.78. The summed E-state index contributed by atoms with van der Waals surface area (Å²) >= 11 is 0. The lowest BCUT2D eigenvalue weighted by molar-refractivity contribution is 0.256. The van der Waals surface area contributed by atoms with Crippen LogP contribution in [0.3, 0.4) is 0 Å². The van der Waals surface area contributed by atoms with E-state index in [9.17, 15) is 0 Å². The fourth-order valence-electron chi connectivity index (χ4n) is 1.72. The van der Waals surface area contributed by atoms with Gasteiger partial charge in [-0.3, -0.25) is 0 Å². The Balaban J connectivity index is 2.31. The Bertz CT molecular complexity index is 505. The van der Waals surface area contributed by atoms with Crippen LogP contribution in [0.2, 0.25) is 0 Å². The molecule has 0 aliphatic carbocycles. The molecule has 0 amide bonds. The van der Waals surface area contributed by atoms with E-state index >= 15 is 0 Å². The highest BCUT2D eigenvalue weighted by molar-refractivity contribution is 5.61. The van der Waals surface area contributed by atoms with Gasteiger partial charge in [0.2, 0.25) is 5.88 Å². The lowest BCUT2D eigenvalue weighted by Gasteiger charge is -2.02. The van der Waals surface area contributed by atoms with Gasteiger partial charge >= 0.3 is 0 Å². The lowest BCUT2D eigenvalue weighted by atomic mass is 10.1. The molecular weight excluding hydrogens is 232 g/mol. The first-order valence-electron chi connectivity index (χ1n) is 5.65. The second-order valence-electron chi connectivity index (χ2n) is 3.75. The number of hydrogen-bond acceptors (Lipinski definition) is 4. The summed E-state index contributed by atoms with van der Waals surface area (Å²) in [6.07, 6.45) is 0. The molecule has 0 radical (unpaired) electrons. The molecule has 0 bridgehead atoms. The van der Waals surface area contributed by atoms with Crippen molar-refractivity contribution in [2.24, 2.45) is 0 Å². The number of methoxy groups -OCH3 is 2. The molecule has 2 aromatic rings. The van der Waals surface area contributed by atoms with Crippen LogP contribution in [0.1, 0.15) is 0 Å². The molecule has 0 fully saturated rings. The summed E-state index contributed by atoms with van der Waals surface area (Å²) in [5.74, 6) is 1.44. The minimum Gasteiger partial charge on any atom is -0.497 e. The van der Waals surface area contributed by atoms with Crippen molar-refractivity contribution in [1.82, 2.24) is 9.78 Å². The Labute approximate surface area is 106 Å². The molecule has 2 rings (SSSR count). The standard InChI is InChI=1S/C13H16N2O3/c1-17-11-5-3-10(4-6-11)12-9-13(18-2)15(14-12)7-8-16/h3-6,9,16H,7-8H2,1-2H3. The number of hydrogen-bond donors (Lipinski definition) is 1. The maximum absolute atomic E-state index is 8.95. The molecule has 5 heteroatoms. The summed E-state index contributed by atoms with van der Waals surface area (Å²) in [6, 6.07) is 9.48. The Morgan fingerprint density at radius 1 is 1.17 bits per heavy atom. The van der Waals surface area contributed by atoms with Crippen molar-refractivity contribution in [2.75, 3.05) is 20.8 Å². The maximum Gasteiger partial charge on any atom is 0.212 e. The number of rotatable bonds is 5. The van der Waals surface area contributed by atoms with E-state index in [1.54, 1.807) is 18.9 Å². The Morgan fingerprint density at radius 3 is 2.44 bits per heavy atom. The van der Waals surface area contributed by atoms with Gasteiger partial charge in [-0.15, -0.1) is 0 Å². The highest BCUT2D eigenvalue weighted by Crippen LogP contribution is 2.24. The molecule has 0 unspecified atom stereocenters. The second-order valence-corrected chi connectivity index (χ2v) is 3.75. The fraction of sp³-hybridized carbons (Fsp3) is 0.308. The summed E-state index contributed by atoms with van der Waals surface area (Å²) < 4.78 is 12.0. The quantitative estimate of drug-likeness (QED) is 0.872. The van der Waals surface area contributed by atoms with Crippen LogP contribution < -0.4 is 9.47 Å². The van der Waals surface area contributed by atoms with Gasteiger partial charge in [-0.1, -0.05) is 0 Å². The average molecular weight is 248 g/mol. The zero-order valence-electron chi connectivity index (χ0n) is 10.5. The highest BCUT2D eigenvalue weighted by Gasteiger charge is 2.09. The highest BCUT2D eigenvalue weighted by atomic mass is 16.5. The van der Waals surface area contributed by atoms with Crippen molar-refractivity contribution in [3.8, 4) is 22.9 Å². The molecule has 0 atom stereocenters. The van der Waals surface area contributed by atoms with Gasteiger partial charge in [-0.05, 0) is 24.3 Å². The van der Waals surface area contributed by atoms with Gasteiger partial charge in [-0.25, -0.2) is 4.68 Å². The zero-order valence-corrected chi connectivity index (χ0v) is 10.5. The first-order valence-corrected chi connectivity index (χ1v) is 5.65. The van der Waals surface area contributed by atoms with Crippen LogP contribution in [0.25, 0.3) is 11.3 Å². The van der Waals surface area contributed by atoms with Crippen molar-refractivity contribution >= 4 is 0 Å². The summed E-state index contributed by atoms with van der Waals surface area (Å²) in [5, 5.41) is 13.3. The third kappa shape index (κ3) is 2.46. The minimum atomic E-state index is 0.0279. The van der Waals surface area contributed by atoms with Gasteiger partial charge in [0.05, 0.1) is 33.1 Å². The zero-order chi connectivity index (χ0) is 13.0. The number of ether oxygens (including phenoxy) is 2. The van der Waals surface area contributed by atoms with Crippen LogP contribution in [-0.4, -0.2) is 35.7 Å². The fourth-order valence-corrected chi connectivity index (χ4v) is 1.72. The average Bonchev–Trinajstić information content (AvgIpc) is 2.82. The van der Waals surface area contributed by atoms with Gasteiger partial charge in [0.15, 0.2) is 0 Å². The van der Waals surface area contributed by atoms with Gasteiger partial charge in [0.1, 0.15) is 5.75 Å². The van der Waals surface area contributed by atoms with E-state index in [1.807, 2.05) is 30.3 Å². The molecule has 0 saturated carbocycles. The van der Waals surface area contributed by atoms with Gasteiger partial charge in [0.25, 0.3) is 0 Å². The number of aromatic nitrogens is 2. The smallest absolute Gasteiger partial charge is 0.212 e. The SMILES string of the molecule is COc1ccc(-c2cc(OC)n(CCO)n2)cc1. The monoisotopic (exact) mass is 248 g/mol. The Kier molecular flexibility index (Phi) is 3.84. The molecule has 1 heterocycles. The van der Waals surface area contributed by atoms with E-state index < -0.39 is 0 Å². The van der Waals surface area contributed by atoms with Crippen LogP contribution in [0.4, 0.5) is 0 Å². The topological polar surface area (TPSA) is 56.5 Å². The molecule has 0 aliphatic rings. The van der Waals surface area contributed by atoms with E-state index in [0.717, 1.165) is 17.0 Å². The first kappa shape index (κ1) is 12.4. The minimum absolute atomic E-state index is 0.0279. The predicted octanol–water partition coefficient (Wildman–Crippen LogP) is 1.56. The van der Waals surface area contributed by atoms with Crippen LogP contribution >= 0.6 is 0 Å². The third-order valence-corrected chi connectivity index (χ3v) is 2.65. The van der Waals surface area contributed by atoms with Crippen molar-refractivity contribution in [3.63, 3.8) is 0 Å². The molecule has 1 N–H and O–H groups in total. The molecule has 18 heavy (non-hydrogen) atoms. The number of aliphatic hydroxyl groups is 1. The largest absolute Gasteiger partial charge is 0.497 e. The molecular formula is C13H16N2O3. The number of nitrogens with zero attached hydrogens (tertiary/aromatic N) is 2. The molecule has 96 valence electrons. The third-order valence-electron chi connectivity index (χ3n) is 2.65. The van der Waals surface area contributed by atoms with Crippen LogP contribution in [0, 0.1) is 0 Å². The molecule has 0 spiro atoms. The Morgan fingerprint density at radius 2 is 1.89 bits per heavy atom. The van der Waals surface area contributed by atoms with Crippen molar-refractivity contribution < 1.29 is 14.6 Å².